The molecule has 0 N–H and O–H groups in total. The Kier molecular flexibility index (Phi) is 15.0. The van der Waals surface area contributed by atoms with E-state index >= 15 is 0 Å². The van der Waals surface area contributed by atoms with Gasteiger partial charge >= 0.3 is 0 Å². The van der Waals surface area contributed by atoms with E-state index in [1.807, 2.05) is 0 Å². The van der Waals surface area contributed by atoms with E-state index in [1.165, 1.54) is 217 Å². The average Bonchev–Trinajstić information content (AvgIpc) is 1.48. The van der Waals surface area contributed by atoms with Crippen LogP contribution in [0.15, 0.2) is 60.7 Å². The number of benzene rings is 7. The van der Waals surface area contributed by atoms with E-state index in [-0.39, 0.29) is 45.3 Å². The summed E-state index contributed by atoms with van der Waals surface area (Å²) in [5.41, 5.74) is 32.1. The number of hydrogen-bond donors (Lipinski definition) is 0. The summed E-state index contributed by atoms with van der Waals surface area (Å²) in [5.74, 6) is 1.52. The van der Waals surface area contributed by atoms with Crippen LogP contribution in [0.3, 0.4) is 0 Å². The van der Waals surface area contributed by atoms with Gasteiger partial charge in [0.25, 0.3) is 0 Å². The minimum Gasteiger partial charge on any atom is -0.309 e. The fraction of sp³-hybridized carbons (Fsp3) is 0.511. The minimum atomic E-state index is -0.0512. The van der Waals surface area contributed by atoms with Crippen LogP contribution < -0.4 is 0 Å². The smallest absolute Gasteiger partial charge is 0.193 e. The molecule has 7 aromatic carbocycles. The molecule has 0 saturated heterocycles. The van der Waals surface area contributed by atoms with E-state index in [0.29, 0.717) is 11.8 Å². The van der Waals surface area contributed by atoms with E-state index in [9.17, 15) is 11.8 Å². The molecule has 0 radical (unpaired) electrons. The van der Waals surface area contributed by atoms with Gasteiger partial charge in [0.15, 0.2) is 5.69 Å². The first-order chi connectivity index (χ1) is 45.1. The lowest BCUT2D eigenvalue weighted by molar-refractivity contribution is 0.382. The van der Waals surface area contributed by atoms with Crippen molar-refractivity contribution in [1.29, 1.82) is 5.26 Å². The van der Waals surface area contributed by atoms with Crippen LogP contribution in [0.5, 0.6) is 0 Å². The molecule has 0 atom stereocenters. The zero-order valence-corrected chi connectivity index (χ0v) is 60.8. The summed E-state index contributed by atoms with van der Waals surface area (Å²) in [5, 5.41) is 22.9. The molecule has 2 fully saturated rings. The molecular formula is C90H106N4. The second kappa shape index (κ2) is 22.3. The molecule has 486 valence electrons. The molecule has 0 amide bonds. The van der Waals surface area contributed by atoms with Crippen molar-refractivity contribution in [2.75, 3.05) is 0 Å². The van der Waals surface area contributed by atoms with E-state index in [1.54, 1.807) is 0 Å². The van der Waals surface area contributed by atoms with Crippen molar-refractivity contribution in [2.24, 2.45) is 0 Å². The second-order valence-electron chi connectivity index (χ2n) is 33.0. The van der Waals surface area contributed by atoms with Crippen LogP contribution in [0.1, 0.15) is 335 Å². The highest BCUT2D eigenvalue weighted by Gasteiger charge is 2.47. The maximum Gasteiger partial charge on any atom is 0.193 e. The van der Waals surface area contributed by atoms with Crippen LogP contribution in [-0.4, -0.2) is 8.80 Å². The first-order valence-corrected chi connectivity index (χ1v) is 37.9. The molecule has 15 rings (SSSR count). The predicted octanol–water partition coefficient (Wildman–Crippen LogP) is 26.9. The summed E-state index contributed by atoms with van der Waals surface area (Å²) in [4.78, 5) is 4.72. The second-order valence-corrected chi connectivity index (χ2v) is 33.0. The van der Waals surface area contributed by atoms with Crippen molar-refractivity contribution in [3.63, 3.8) is 0 Å². The molecule has 4 nitrogen and oxygen atoms in total. The Balaban J connectivity index is 1.35. The topological polar surface area (TPSA) is 37.0 Å². The van der Waals surface area contributed by atoms with Gasteiger partial charge in [0, 0.05) is 59.7 Å². The van der Waals surface area contributed by atoms with Gasteiger partial charge in [-0.2, -0.15) is 5.26 Å². The Morgan fingerprint density at radius 3 is 1.10 bits per heavy atom. The molecule has 0 unspecified atom stereocenters. The Labute approximate surface area is 562 Å². The van der Waals surface area contributed by atoms with Crippen LogP contribution in [0.4, 0.5) is 5.69 Å². The number of fused-ring (bicyclic) bond motifs is 18. The van der Waals surface area contributed by atoms with Gasteiger partial charge in [-0.1, -0.05) is 175 Å². The SMILES string of the molecule is [C-]#[N+]c1cc2c(c3c1C1(CCCC1)CC3)c1cc(C(CC)(CC)CC)cc3c4c(-c5c(C(C)C)cc(C(C)C)cc5C(C)C)c5c(c(-c6c(C(C)C)cc(C(C)C)cc6C(C)C)c4n2c13)c1cc(C(CC)(CC)CC)cc2c3c4c(c(C#N)cc3n5c21)C1(CCCC1)CC4. The zero-order valence-electron chi connectivity index (χ0n) is 60.8. The molecule has 4 heteroatoms. The van der Waals surface area contributed by atoms with E-state index in [4.69, 9.17) is 4.85 Å². The molecular weight excluding hydrogens is 1140 g/mol. The largest absolute Gasteiger partial charge is 0.309 e. The van der Waals surface area contributed by atoms with Crippen molar-refractivity contribution < 1.29 is 0 Å². The summed E-state index contributed by atoms with van der Waals surface area (Å²) in [6.45, 7) is 53.4. The van der Waals surface area contributed by atoms with E-state index in [0.717, 1.165) is 75.5 Å². The summed E-state index contributed by atoms with van der Waals surface area (Å²) in [7, 11) is 0. The lowest BCUT2D eigenvalue weighted by Gasteiger charge is -2.32. The first kappa shape index (κ1) is 63.2. The van der Waals surface area contributed by atoms with Crippen molar-refractivity contribution in [3.8, 4) is 28.3 Å². The summed E-state index contributed by atoms with van der Waals surface area (Å²) in [6.07, 6.45) is 20.3. The number of nitrogens with zero attached hydrogens (tertiary/aromatic N) is 4. The zero-order chi connectivity index (χ0) is 66.3. The van der Waals surface area contributed by atoms with Crippen molar-refractivity contribution >= 4 is 81.9 Å². The molecule has 2 saturated carbocycles. The van der Waals surface area contributed by atoms with Crippen molar-refractivity contribution in [3.05, 3.63) is 144 Å². The van der Waals surface area contributed by atoms with Gasteiger partial charge in [0.05, 0.1) is 45.8 Å². The third-order valence-corrected chi connectivity index (χ3v) is 27.1. The van der Waals surface area contributed by atoms with Crippen LogP contribution >= 0.6 is 0 Å². The number of aryl methyl sites for hydroxylation is 2. The fourth-order valence-electron chi connectivity index (χ4n) is 21.6. The fourth-order valence-corrected chi connectivity index (χ4v) is 21.6. The molecule has 4 aromatic heterocycles. The molecule has 4 aliphatic rings. The number of rotatable bonds is 16. The van der Waals surface area contributed by atoms with E-state index < -0.39 is 0 Å². The van der Waals surface area contributed by atoms with Gasteiger partial charge in [-0.05, 0) is 261 Å². The quantitative estimate of drug-likeness (QED) is 0.0889. The van der Waals surface area contributed by atoms with Crippen LogP contribution in [0.25, 0.3) is 103 Å². The third kappa shape index (κ3) is 8.32. The minimum absolute atomic E-state index is 0.0498. The highest BCUT2D eigenvalue weighted by molar-refractivity contribution is 6.39. The molecule has 0 bridgehead atoms. The molecule has 4 aliphatic carbocycles. The van der Waals surface area contributed by atoms with Crippen molar-refractivity contribution in [2.45, 2.75) is 297 Å². The molecule has 0 aliphatic heterocycles. The van der Waals surface area contributed by atoms with Gasteiger partial charge in [0.1, 0.15) is 0 Å². The van der Waals surface area contributed by atoms with Gasteiger partial charge < -0.3 is 8.80 Å². The maximum absolute atomic E-state index is 11.9. The van der Waals surface area contributed by atoms with Crippen LogP contribution in [0, 0.1) is 17.9 Å². The lowest BCUT2D eigenvalue weighted by atomic mass is 9.72. The number of hydrogen-bond acceptors (Lipinski definition) is 1. The Morgan fingerprint density at radius 2 is 0.766 bits per heavy atom. The molecule has 94 heavy (non-hydrogen) atoms. The molecule has 4 heterocycles. The monoisotopic (exact) mass is 1240 g/mol. The maximum atomic E-state index is 11.9. The summed E-state index contributed by atoms with van der Waals surface area (Å²) in [6, 6.07) is 29.3. The van der Waals surface area contributed by atoms with Crippen molar-refractivity contribution in [1.82, 2.24) is 8.80 Å². The highest BCUT2D eigenvalue weighted by Crippen LogP contribution is 2.63. The normalized spacial score (nSPS) is 16.7. The van der Waals surface area contributed by atoms with Gasteiger partial charge in [-0.25, -0.2) is 4.85 Å². The first-order valence-electron chi connectivity index (χ1n) is 37.9. The third-order valence-electron chi connectivity index (χ3n) is 27.1. The molecule has 2 spiro atoms. The Hall–Kier alpha value is -6.88. The Bertz CT molecular complexity index is 4630. The van der Waals surface area contributed by atoms with Gasteiger partial charge in [0.2, 0.25) is 0 Å². The highest BCUT2D eigenvalue weighted by atomic mass is 15.0. The predicted molar refractivity (Wildman–Crippen MR) is 404 cm³/mol. The lowest BCUT2D eigenvalue weighted by Crippen LogP contribution is -2.23. The number of nitriles is 1. The summed E-state index contributed by atoms with van der Waals surface area (Å²) >= 11 is 0. The Morgan fingerprint density at radius 1 is 0.426 bits per heavy atom. The van der Waals surface area contributed by atoms with Crippen LogP contribution in [-0.2, 0) is 34.5 Å². The van der Waals surface area contributed by atoms with Gasteiger partial charge in [-0.3, -0.25) is 0 Å². The standard InChI is InChI=1S/C90H106N4/c1-20-87(21-2,22-3)58-43-66-73-60-30-36-89(32-26-27-33-89)81(60)57(48-91)42-71(73)93-83(66)68(45-58)77-80(76-64(53(15)16)40-56(50(9)10)41-65(76)54(17)18)86-78(79(85(77)93)75-62(51(11)12)38-55(49(7)8)39-63(75)52(13)14)69-46-59(88(23-4,24-5)25-6)44-67-74-61-31-37-90(34-28-29-35-90)82(61)70(92-19)47-72(74)94(86)84(67)69/h38-47,49-54H,20-37H2,1-18H3. The van der Waals surface area contributed by atoms with E-state index in [2.05, 4.69) is 200 Å². The van der Waals surface area contributed by atoms with Crippen LogP contribution in [0.2, 0.25) is 0 Å². The van der Waals surface area contributed by atoms with Gasteiger partial charge in [-0.15, -0.1) is 0 Å². The molecule has 11 aromatic rings. The average molecular weight is 1240 g/mol. The summed E-state index contributed by atoms with van der Waals surface area (Å²) < 4.78 is 5.66. The number of aromatic nitrogens is 2.